The number of phenolic OH excluding ortho intramolecular Hbond substituents is 1. The molecule has 1 N–H and O–H groups in total. The van der Waals surface area contributed by atoms with Gasteiger partial charge in [-0.15, -0.1) is 11.6 Å². The predicted molar refractivity (Wildman–Crippen MR) is 84.9 cm³/mol. The summed E-state index contributed by atoms with van der Waals surface area (Å²) < 4.78 is 1.90. The lowest BCUT2D eigenvalue weighted by atomic mass is 9.89. The largest absolute Gasteiger partial charge is 0.508 e. The second kappa shape index (κ2) is 6.10. The molecule has 2 aromatic rings. The molecule has 0 fully saturated rings. The molecule has 0 aliphatic heterocycles. The number of phenols is 1. The number of aromatic hydroxyl groups is 1. The van der Waals surface area contributed by atoms with Crippen molar-refractivity contribution in [3.8, 4) is 5.75 Å². The van der Waals surface area contributed by atoms with Gasteiger partial charge in [0.1, 0.15) is 5.75 Å². The van der Waals surface area contributed by atoms with Crippen molar-refractivity contribution >= 4 is 11.6 Å². The average molecular weight is 305 g/mol. The highest BCUT2D eigenvalue weighted by Crippen LogP contribution is 2.30. The van der Waals surface area contributed by atoms with Crippen LogP contribution in [0.2, 0.25) is 0 Å². The first-order chi connectivity index (χ1) is 10.2. The molecule has 0 atom stereocenters. The smallest absolute Gasteiger partial charge is 0.119 e. The molecule has 0 saturated carbocycles. The summed E-state index contributed by atoms with van der Waals surface area (Å²) in [6.07, 6.45) is 6.37. The minimum Gasteiger partial charge on any atom is -0.508 e. The van der Waals surface area contributed by atoms with Crippen LogP contribution in [0.15, 0.2) is 18.2 Å². The molecule has 21 heavy (non-hydrogen) atoms. The molecule has 1 aliphatic rings. The topological polar surface area (TPSA) is 38.0 Å². The van der Waals surface area contributed by atoms with E-state index in [0.29, 0.717) is 11.6 Å². The Kier molecular flexibility index (Phi) is 4.20. The van der Waals surface area contributed by atoms with Crippen molar-refractivity contribution < 1.29 is 5.11 Å². The first-order valence-electron chi connectivity index (χ1n) is 7.59. The Balaban J connectivity index is 1.76. The van der Waals surface area contributed by atoms with Crippen molar-refractivity contribution in [2.75, 3.05) is 0 Å². The quantitative estimate of drug-likeness (QED) is 0.878. The van der Waals surface area contributed by atoms with E-state index in [9.17, 15) is 5.11 Å². The van der Waals surface area contributed by atoms with Gasteiger partial charge >= 0.3 is 0 Å². The van der Waals surface area contributed by atoms with Crippen LogP contribution in [0, 0.1) is 0 Å². The number of fused-ring (bicyclic) bond motifs is 1. The molecule has 0 unspecified atom stereocenters. The van der Waals surface area contributed by atoms with Crippen LogP contribution in [-0.4, -0.2) is 14.9 Å². The molecule has 1 aromatic heterocycles. The molecule has 1 aromatic carbocycles. The van der Waals surface area contributed by atoms with E-state index in [4.69, 9.17) is 11.6 Å². The molecule has 112 valence electrons. The highest BCUT2D eigenvalue weighted by Gasteiger charge is 2.14. The normalized spacial score (nSPS) is 14.2. The van der Waals surface area contributed by atoms with Gasteiger partial charge in [0.2, 0.25) is 0 Å². The van der Waals surface area contributed by atoms with Crippen LogP contribution in [0.25, 0.3) is 0 Å². The Morgan fingerprint density at radius 2 is 2.00 bits per heavy atom. The Morgan fingerprint density at radius 3 is 2.76 bits per heavy atom. The molecule has 0 amide bonds. The highest BCUT2D eigenvalue weighted by atomic mass is 35.5. The van der Waals surface area contributed by atoms with Crippen LogP contribution in [0.4, 0.5) is 0 Å². The summed E-state index contributed by atoms with van der Waals surface area (Å²) in [4.78, 5) is 0. The summed E-state index contributed by atoms with van der Waals surface area (Å²) in [5.74, 6) is 0.932. The van der Waals surface area contributed by atoms with Gasteiger partial charge in [-0.3, -0.25) is 4.68 Å². The van der Waals surface area contributed by atoms with Crippen molar-refractivity contribution in [1.29, 1.82) is 0 Å². The zero-order chi connectivity index (χ0) is 14.8. The fourth-order valence-electron chi connectivity index (χ4n) is 3.20. The van der Waals surface area contributed by atoms with Gasteiger partial charge in [0.05, 0.1) is 11.6 Å². The van der Waals surface area contributed by atoms with E-state index in [1.165, 1.54) is 29.7 Å². The molecule has 0 spiro atoms. The number of nitrogens with zero attached hydrogens (tertiary/aromatic N) is 2. The molecule has 1 heterocycles. The Bertz CT molecular complexity index is 648. The van der Waals surface area contributed by atoms with E-state index < -0.39 is 0 Å². The fourth-order valence-corrected chi connectivity index (χ4v) is 3.33. The lowest BCUT2D eigenvalue weighted by molar-refractivity contribution is 0.461. The summed E-state index contributed by atoms with van der Waals surface area (Å²) in [6.45, 7) is 0. The van der Waals surface area contributed by atoms with Crippen LogP contribution < -0.4 is 0 Å². The van der Waals surface area contributed by atoms with Gasteiger partial charge in [-0.05, 0) is 67.3 Å². The molecule has 1 aliphatic carbocycles. The minimum atomic E-state index is 0.452. The van der Waals surface area contributed by atoms with Crippen LogP contribution in [0.1, 0.15) is 40.9 Å². The maximum atomic E-state index is 10.2. The molecule has 0 radical (unpaired) electrons. The van der Waals surface area contributed by atoms with E-state index in [2.05, 4.69) is 17.2 Å². The molecule has 3 rings (SSSR count). The van der Waals surface area contributed by atoms with Crippen LogP contribution in [-0.2, 0) is 38.6 Å². The number of alkyl halides is 1. The molecule has 4 heteroatoms. The number of benzene rings is 1. The van der Waals surface area contributed by atoms with E-state index in [1.54, 1.807) is 0 Å². The van der Waals surface area contributed by atoms with Gasteiger partial charge in [0.15, 0.2) is 0 Å². The second-order valence-corrected chi connectivity index (χ2v) is 6.11. The van der Waals surface area contributed by atoms with Crippen molar-refractivity contribution in [1.82, 2.24) is 9.78 Å². The minimum absolute atomic E-state index is 0.452. The van der Waals surface area contributed by atoms with Gasteiger partial charge in [0.25, 0.3) is 0 Å². The Hall–Kier alpha value is -1.48. The predicted octanol–water partition coefficient (Wildman–Crippen LogP) is 3.53. The molecular weight excluding hydrogens is 284 g/mol. The van der Waals surface area contributed by atoms with E-state index in [0.717, 1.165) is 36.9 Å². The molecule has 3 nitrogen and oxygen atoms in total. The van der Waals surface area contributed by atoms with Crippen LogP contribution in [0.3, 0.4) is 0 Å². The van der Waals surface area contributed by atoms with Crippen molar-refractivity contribution in [2.24, 2.45) is 7.05 Å². The highest BCUT2D eigenvalue weighted by molar-refractivity contribution is 6.16. The third-order valence-corrected chi connectivity index (χ3v) is 4.61. The zero-order valence-corrected chi connectivity index (χ0v) is 13.2. The second-order valence-electron chi connectivity index (χ2n) is 5.84. The number of aromatic nitrogens is 2. The van der Waals surface area contributed by atoms with Crippen molar-refractivity contribution in [3.05, 3.63) is 46.3 Å². The maximum absolute atomic E-state index is 10.2. The maximum Gasteiger partial charge on any atom is 0.119 e. The lowest BCUT2D eigenvalue weighted by Crippen LogP contribution is -2.05. The lowest BCUT2D eigenvalue weighted by Gasteiger charge is -2.18. The number of hydrogen-bond donors (Lipinski definition) is 1. The van der Waals surface area contributed by atoms with Crippen molar-refractivity contribution in [3.63, 3.8) is 0 Å². The summed E-state index contributed by atoms with van der Waals surface area (Å²) in [7, 11) is 1.95. The SMILES string of the molecule is Cn1nc(CCl)cc1CCc1cc(O)c2c(c1)CCCC2. The third kappa shape index (κ3) is 3.08. The first kappa shape index (κ1) is 14.5. The van der Waals surface area contributed by atoms with Gasteiger partial charge in [0, 0.05) is 12.7 Å². The van der Waals surface area contributed by atoms with E-state index in [-0.39, 0.29) is 0 Å². The van der Waals surface area contributed by atoms with Crippen LogP contribution in [0.5, 0.6) is 5.75 Å². The standard InChI is InChI=1S/C17H21ClN2O/c1-20-15(10-14(11-18)19-20)7-6-12-8-13-4-2-3-5-16(13)17(21)9-12/h8-10,21H,2-7,11H2,1H3. The van der Waals surface area contributed by atoms with Gasteiger partial charge in [-0.25, -0.2) is 0 Å². The molecule has 0 saturated heterocycles. The summed E-state index contributed by atoms with van der Waals surface area (Å²) in [6, 6.07) is 6.27. The third-order valence-electron chi connectivity index (χ3n) is 4.34. The van der Waals surface area contributed by atoms with Gasteiger partial charge < -0.3 is 5.11 Å². The number of aryl methyl sites for hydroxylation is 4. The monoisotopic (exact) mass is 304 g/mol. The number of hydrogen-bond acceptors (Lipinski definition) is 2. The zero-order valence-electron chi connectivity index (χ0n) is 12.4. The Morgan fingerprint density at radius 1 is 1.19 bits per heavy atom. The summed E-state index contributed by atoms with van der Waals surface area (Å²) in [5.41, 5.74) is 5.81. The van der Waals surface area contributed by atoms with Crippen molar-refractivity contribution in [2.45, 2.75) is 44.4 Å². The summed E-state index contributed by atoms with van der Waals surface area (Å²) >= 11 is 5.82. The Labute approximate surface area is 130 Å². The van der Waals surface area contributed by atoms with E-state index in [1.807, 2.05) is 17.8 Å². The van der Waals surface area contributed by atoms with Gasteiger partial charge in [-0.1, -0.05) is 6.07 Å². The van der Waals surface area contributed by atoms with Crippen LogP contribution >= 0.6 is 11.6 Å². The van der Waals surface area contributed by atoms with Gasteiger partial charge in [-0.2, -0.15) is 5.10 Å². The average Bonchev–Trinajstić information content (AvgIpc) is 2.86. The fraction of sp³-hybridized carbons (Fsp3) is 0.471. The number of halogens is 1. The molecule has 0 bridgehead atoms. The number of rotatable bonds is 4. The first-order valence-corrected chi connectivity index (χ1v) is 8.12. The molecular formula is C17H21ClN2O. The summed E-state index contributed by atoms with van der Waals surface area (Å²) in [5, 5.41) is 14.6. The van der Waals surface area contributed by atoms with E-state index >= 15 is 0 Å².